The molecule has 0 bridgehead atoms. The minimum atomic E-state index is -0.610. The van der Waals surface area contributed by atoms with Crippen molar-refractivity contribution in [3.8, 4) is 0 Å². The maximum absolute atomic E-state index is 13.2. The van der Waals surface area contributed by atoms with Crippen LogP contribution in [0.3, 0.4) is 0 Å². The number of carbonyl (C=O) groups is 2. The van der Waals surface area contributed by atoms with Crippen molar-refractivity contribution >= 4 is 17.6 Å². The van der Waals surface area contributed by atoms with Gasteiger partial charge in [0.25, 0.3) is 5.91 Å². The summed E-state index contributed by atoms with van der Waals surface area (Å²) in [5.41, 5.74) is -0.308. The topological polar surface area (TPSA) is 83.1 Å². The number of nitrogens with one attached hydrogen (secondary N) is 3. The highest BCUT2D eigenvalue weighted by Crippen LogP contribution is 2.13. The smallest absolute Gasteiger partial charge is 0.255 e. The van der Waals surface area contributed by atoms with Crippen LogP contribution in [0.1, 0.15) is 38.1 Å². The average Bonchev–Trinajstić information content (AvgIpc) is 2.36. The van der Waals surface area contributed by atoms with Gasteiger partial charge in [-0.3, -0.25) is 9.59 Å². The van der Waals surface area contributed by atoms with Crippen molar-refractivity contribution in [2.24, 2.45) is 0 Å². The zero-order chi connectivity index (χ0) is 16.0. The summed E-state index contributed by atoms with van der Waals surface area (Å²) < 4.78 is 13.2. The van der Waals surface area contributed by atoms with E-state index in [1.807, 2.05) is 27.7 Å². The van der Waals surface area contributed by atoms with E-state index in [4.69, 9.17) is 0 Å². The van der Waals surface area contributed by atoms with Gasteiger partial charge in [0.2, 0.25) is 5.91 Å². The van der Waals surface area contributed by atoms with Crippen molar-refractivity contribution in [2.75, 3.05) is 18.4 Å². The summed E-state index contributed by atoms with van der Waals surface area (Å²) in [6, 6.07) is 1.09. The van der Waals surface area contributed by atoms with Crippen LogP contribution in [0.25, 0.3) is 0 Å². The van der Waals surface area contributed by atoms with E-state index in [1.54, 1.807) is 0 Å². The van der Waals surface area contributed by atoms with Crippen LogP contribution in [0.2, 0.25) is 0 Å². The molecule has 116 valence electrons. The van der Waals surface area contributed by atoms with Crippen molar-refractivity contribution < 1.29 is 14.0 Å². The number of hydrogen-bond acceptors (Lipinski definition) is 4. The second-order valence-corrected chi connectivity index (χ2v) is 5.56. The van der Waals surface area contributed by atoms with Gasteiger partial charge in [-0.1, -0.05) is 0 Å². The molecule has 2 amide bonds. The lowest BCUT2D eigenvalue weighted by Crippen LogP contribution is -2.45. The number of anilines is 1. The van der Waals surface area contributed by atoms with E-state index < -0.39 is 11.7 Å². The summed E-state index contributed by atoms with van der Waals surface area (Å²) in [4.78, 5) is 27.5. The third-order valence-electron chi connectivity index (χ3n) is 2.37. The molecule has 0 atom stereocenters. The van der Waals surface area contributed by atoms with Crippen LogP contribution >= 0.6 is 0 Å². The number of pyridine rings is 1. The molecule has 0 unspecified atom stereocenters. The van der Waals surface area contributed by atoms with Crippen LogP contribution in [-0.2, 0) is 4.79 Å². The van der Waals surface area contributed by atoms with Crippen LogP contribution in [0, 0.1) is 5.82 Å². The van der Waals surface area contributed by atoms with Crippen molar-refractivity contribution in [2.45, 2.75) is 33.2 Å². The lowest BCUT2D eigenvalue weighted by Gasteiger charge is -2.20. The standard InChI is InChI=1S/C14H21FN4O2/c1-5-16-12-10(6-9(15)7-17-12)13(21)18-8-11(20)19-14(2,3)4/h6-7H,5,8H2,1-4H3,(H,16,17)(H,18,21)(H,19,20). The van der Waals surface area contributed by atoms with E-state index in [0.29, 0.717) is 6.54 Å². The van der Waals surface area contributed by atoms with E-state index in [0.717, 1.165) is 12.3 Å². The predicted molar refractivity (Wildman–Crippen MR) is 78.6 cm³/mol. The second-order valence-electron chi connectivity index (χ2n) is 5.56. The molecule has 0 aromatic carbocycles. The van der Waals surface area contributed by atoms with E-state index in [-0.39, 0.29) is 29.4 Å². The van der Waals surface area contributed by atoms with Crippen molar-refractivity contribution in [1.29, 1.82) is 0 Å². The number of carbonyl (C=O) groups excluding carboxylic acids is 2. The summed E-state index contributed by atoms with van der Waals surface area (Å²) >= 11 is 0. The van der Waals surface area contributed by atoms with Crippen LogP contribution in [-0.4, -0.2) is 35.4 Å². The molecule has 0 aliphatic heterocycles. The van der Waals surface area contributed by atoms with Gasteiger partial charge in [-0.25, -0.2) is 9.37 Å². The molecule has 7 heteroatoms. The highest BCUT2D eigenvalue weighted by molar-refractivity contribution is 6.00. The zero-order valence-electron chi connectivity index (χ0n) is 12.7. The molecule has 0 spiro atoms. The largest absolute Gasteiger partial charge is 0.370 e. The number of halogens is 1. The molecule has 1 heterocycles. The SMILES string of the molecule is CCNc1ncc(F)cc1C(=O)NCC(=O)NC(C)(C)C. The van der Waals surface area contributed by atoms with Gasteiger partial charge >= 0.3 is 0 Å². The molecule has 1 aromatic rings. The Balaban J connectivity index is 2.71. The normalized spacial score (nSPS) is 10.9. The lowest BCUT2D eigenvalue weighted by atomic mass is 10.1. The van der Waals surface area contributed by atoms with E-state index in [1.165, 1.54) is 0 Å². The molecule has 0 saturated heterocycles. The van der Waals surface area contributed by atoms with Crippen molar-refractivity contribution in [3.05, 3.63) is 23.6 Å². The first-order valence-electron chi connectivity index (χ1n) is 6.71. The van der Waals surface area contributed by atoms with Gasteiger partial charge in [0.05, 0.1) is 18.3 Å². The summed E-state index contributed by atoms with van der Waals surface area (Å²) in [6.07, 6.45) is 1.03. The third-order valence-corrected chi connectivity index (χ3v) is 2.37. The minimum absolute atomic E-state index is 0.0698. The Kier molecular flexibility index (Phi) is 5.63. The molecule has 21 heavy (non-hydrogen) atoms. The molecule has 1 aromatic heterocycles. The van der Waals surface area contributed by atoms with Gasteiger partial charge < -0.3 is 16.0 Å². The van der Waals surface area contributed by atoms with Crippen LogP contribution in [0.5, 0.6) is 0 Å². The average molecular weight is 296 g/mol. The van der Waals surface area contributed by atoms with Crippen LogP contribution < -0.4 is 16.0 Å². The molecule has 0 aliphatic carbocycles. The Morgan fingerprint density at radius 3 is 2.57 bits per heavy atom. The summed E-state index contributed by atoms with van der Waals surface area (Å²) in [6.45, 7) is 7.72. The van der Waals surface area contributed by atoms with Gasteiger partial charge in [0.1, 0.15) is 11.6 Å². The molecule has 0 aliphatic rings. The Morgan fingerprint density at radius 1 is 1.33 bits per heavy atom. The molecule has 6 nitrogen and oxygen atoms in total. The van der Waals surface area contributed by atoms with Gasteiger partial charge in [0, 0.05) is 12.1 Å². The highest BCUT2D eigenvalue weighted by Gasteiger charge is 2.17. The summed E-state index contributed by atoms with van der Waals surface area (Å²) in [7, 11) is 0. The first kappa shape index (κ1) is 16.9. The quantitative estimate of drug-likeness (QED) is 0.765. The Hall–Kier alpha value is -2.18. The second kappa shape index (κ2) is 7.01. The predicted octanol–water partition coefficient (Wildman–Crippen LogP) is 1.30. The monoisotopic (exact) mass is 296 g/mol. The molecule has 0 radical (unpaired) electrons. The van der Waals surface area contributed by atoms with Gasteiger partial charge in [-0.05, 0) is 33.8 Å². The Bertz CT molecular complexity index is 526. The first-order valence-corrected chi connectivity index (χ1v) is 6.71. The lowest BCUT2D eigenvalue weighted by molar-refractivity contribution is -0.121. The van der Waals surface area contributed by atoms with E-state index >= 15 is 0 Å². The molecular formula is C14H21FN4O2. The Morgan fingerprint density at radius 2 is 2.00 bits per heavy atom. The highest BCUT2D eigenvalue weighted by atomic mass is 19.1. The molecule has 1 rings (SSSR count). The van der Waals surface area contributed by atoms with Crippen LogP contribution in [0.4, 0.5) is 10.2 Å². The minimum Gasteiger partial charge on any atom is -0.370 e. The number of amides is 2. The van der Waals surface area contributed by atoms with E-state index in [2.05, 4.69) is 20.9 Å². The fraction of sp³-hybridized carbons (Fsp3) is 0.500. The van der Waals surface area contributed by atoms with E-state index in [9.17, 15) is 14.0 Å². The number of aromatic nitrogens is 1. The number of hydrogen-bond donors (Lipinski definition) is 3. The molecule has 0 fully saturated rings. The maximum atomic E-state index is 13.2. The van der Waals surface area contributed by atoms with Gasteiger partial charge in [0.15, 0.2) is 0 Å². The third kappa shape index (κ3) is 5.76. The molecule has 0 saturated carbocycles. The molecular weight excluding hydrogens is 275 g/mol. The van der Waals surface area contributed by atoms with Crippen molar-refractivity contribution in [1.82, 2.24) is 15.6 Å². The fourth-order valence-corrected chi connectivity index (χ4v) is 1.64. The zero-order valence-corrected chi connectivity index (χ0v) is 12.7. The Labute approximate surface area is 123 Å². The number of rotatable bonds is 5. The molecule has 3 N–H and O–H groups in total. The van der Waals surface area contributed by atoms with Crippen LogP contribution in [0.15, 0.2) is 12.3 Å². The summed E-state index contributed by atoms with van der Waals surface area (Å²) in [5, 5.41) is 8.04. The van der Waals surface area contributed by atoms with Gasteiger partial charge in [-0.2, -0.15) is 0 Å². The van der Waals surface area contributed by atoms with Crippen molar-refractivity contribution in [3.63, 3.8) is 0 Å². The van der Waals surface area contributed by atoms with Gasteiger partial charge in [-0.15, -0.1) is 0 Å². The first-order chi connectivity index (χ1) is 9.73. The number of nitrogens with zero attached hydrogens (tertiary/aromatic N) is 1. The summed E-state index contributed by atoms with van der Waals surface area (Å²) in [5.74, 6) is -1.19. The fourth-order valence-electron chi connectivity index (χ4n) is 1.64. The maximum Gasteiger partial charge on any atom is 0.255 e.